The van der Waals surface area contributed by atoms with Crippen molar-refractivity contribution in [2.75, 3.05) is 7.11 Å². The average Bonchev–Trinajstić information content (AvgIpc) is 2.86. The second-order valence-corrected chi connectivity index (χ2v) is 9.86. The minimum Gasteiger partial charge on any atom is -0.497 e. The van der Waals surface area contributed by atoms with Gasteiger partial charge in [0.2, 0.25) is 0 Å². The van der Waals surface area contributed by atoms with Crippen molar-refractivity contribution in [2.24, 2.45) is 16.2 Å². The van der Waals surface area contributed by atoms with Gasteiger partial charge < -0.3 is 9.84 Å². The van der Waals surface area contributed by atoms with Gasteiger partial charge >= 0.3 is 0 Å². The van der Waals surface area contributed by atoms with Gasteiger partial charge in [0, 0.05) is 5.41 Å². The van der Waals surface area contributed by atoms with E-state index in [4.69, 9.17) is 11.2 Å². The van der Waals surface area contributed by atoms with E-state index in [-0.39, 0.29) is 21.7 Å². The van der Waals surface area contributed by atoms with Crippen molar-refractivity contribution < 1.29 is 9.84 Å². The number of hydrogen-bond donors (Lipinski definition) is 1. The molecule has 0 aliphatic heterocycles. The second kappa shape index (κ2) is 5.08. The van der Waals surface area contributed by atoms with E-state index in [2.05, 4.69) is 51.8 Å². The molecule has 2 fully saturated rings. The van der Waals surface area contributed by atoms with Crippen LogP contribution >= 0.6 is 0 Å². The first-order valence-corrected chi connectivity index (χ1v) is 9.98. The summed E-state index contributed by atoms with van der Waals surface area (Å²) in [5.74, 6) is 3.75. The van der Waals surface area contributed by atoms with Crippen LogP contribution in [0, 0.1) is 28.6 Å². The van der Waals surface area contributed by atoms with Crippen molar-refractivity contribution in [3.05, 3.63) is 29.3 Å². The van der Waals surface area contributed by atoms with Gasteiger partial charge in [-0.2, -0.15) is 0 Å². The number of aryl methyl sites for hydroxylation is 1. The lowest BCUT2D eigenvalue weighted by Crippen LogP contribution is -2.65. The maximum absolute atomic E-state index is 11.3. The molecule has 26 heavy (non-hydrogen) atoms. The quantitative estimate of drug-likeness (QED) is 0.731. The molecule has 0 heterocycles. The molecule has 3 aliphatic carbocycles. The van der Waals surface area contributed by atoms with Gasteiger partial charge in [-0.15, -0.1) is 6.42 Å². The molecule has 3 aliphatic rings. The predicted molar refractivity (Wildman–Crippen MR) is 105 cm³/mol. The number of terminal acetylenes is 1. The lowest BCUT2D eigenvalue weighted by Gasteiger charge is -2.68. The molecule has 5 unspecified atom stereocenters. The topological polar surface area (TPSA) is 29.5 Å². The fourth-order valence-electron chi connectivity index (χ4n) is 7.23. The van der Waals surface area contributed by atoms with Crippen LogP contribution < -0.4 is 4.74 Å². The zero-order valence-electron chi connectivity index (χ0n) is 16.9. The lowest BCUT2D eigenvalue weighted by atomic mass is 9.35. The summed E-state index contributed by atoms with van der Waals surface area (Å²) in [4.78, 5) is 0. The molecule has 2 saturated carbocycles. The molecular weight excluding hydrogens is 320 g/mol. The Morgan fingerprint density at radius 2 is 1.65 bits per heavy atom. The molecule has 0 saturated heterocycles. The highest BCUT2D eigenvalue weighted by atomic mass is 16.5. The van der Waals surface area contributed by atoms with Crippen molar-refractivity contribution in [3.63, 3.8) is 0 Å². The van der Waals surface area contributed by atoms with Gasteiger partial charge in [0.1, 0.15) is 11.4 Å². The van der Waals surface area contributed by atoms with E-state index in [0.717, 1.165) is 44.3 Å². The van der Waals surface area contributed by atoms with Crippen LogP contribution in [0.15, 0.2) is 18.2 Å². The van der Waals surface area contributed by atoms with Gasteiger partial charge in [0.25, 0.3) is 0 Å². The van der Waals surface area contributed by atoms with Crippen LogP contribution in [0.3, 0.4) is 0 Å². The Balaban J connectivity index is 1.89. The summed E-state index contributed by atoms with van der Waals surface area (Å²) in [7, 11) is 1.74. The molecule has 0 amide bonds. The molecule has 1 aromatic rings. The summed E-state index contributed by atoms with van der Waals surface area (Å²) >= 11 is 0. The molecule has 0 radical (unpaired) electrons. The van der Waals surface area contributed by atoms with E-state index in [1.165, 1.54) is 11.1 Å². The number of hydrogen-bond acceptors (Lipinski definition) is 2. The molecule has 5 atom stereocenters. The van der Waals surface area contributed by atoms with Gasteiger partial charge in [-0.05, 0) is 78.0 Å². The Morgan fingerprint density at radius 1 is 0.962 bits per heavy atom. The fourth-order valence-corrected chi connectivity index (χ4v) is 7.23. The van der Waals surface area contributed by atoms with Crippen LogP contribution in [-0.4, -0.2) is 17.8 Å². The maximum atomic E-state index is 11.3. The van der Waals surface area contributed by atoms with E-state index in [1.54, 1.807) is 7.11 Å². The Hall–Kier alpha value is -1.46. The minimum absolute atomic E-state index is 0.0196. The zero-order chi connectivity index (χ0) is 19.0. The maximum Gasteiger partial charge on any atom is 0.131 e. The van der Waals surface area contributed by atoms with Gasteiger partial charge in [0.15, 0.2) is 0 Å². The molecule has 4 rings (SSSR count). The molecule has 1 aromatic carbocycles. The fraction of sp³-hybridized carbons (Fsp3) is 0.667. The van der Waals surface area contributed by atoms with E-state index in [0.29, 0.717) is 0 Å². The Labute approximate surface area is 158 Å². The first-order valence-electron chi connectivity index (χ1n) is 9.98. The van der Waals surface area contributed by atoms with Crippen LogP contribution in [0.2, 0.25) is 0 Å². The standard InChI is InChI=1S/C24H32O2/c1-7-24(25)15-14-22(4)21(3)11-10-17-16-18(26-6)8-9-19(17)20(21,2)12-13-23(22,24)5/h1,8-9,16,25H,10-15H2,2-6H3. The summed E-state index contributed by atoms with van der Waals surface area (Å²) in [5, 5.41) is 11.3. The second-order valence-electron chi connectivity index (χ2n) is 9.86. The SMILES string of the molecule is C#CC1(O)CCC2(C)C1(C)CCC1(C)c3ccc(OC)cc3CCC12C. The smallest absolute Gasteiger partial charge is 0.131 e. The third-order valence-electron chi connectivity index (χ3n) is 9.72. The molecule has 0 spiro atoms. The van der Waals surface area contributed by atoms with Crippen molar-refractivity contribution in [2.45, 2.75) is 77.2 Å². The Morgan fingerprint density at radius 3 is 2.31 bits per heavy atom. The molecular formula is C24H32O2. The number of ether oxygens (including phenoxy) is 1. The third-order valence-corrected chi connectivity index (χ3v) is 9.72. The summed E-state index contributed by atoms with van der Waals surface area (Å²) in [6.07, 6.45) is 11.8. The van der Waals surface area contributed by atoms with Crippen LogP contribution in [0.25, 0.3) is 0 Å². The third kappa shape index (κ3) is 1.70. The van der Waals surface area contributed by atoms with Crippen LogP contribution in [0.1, 0.15) is 70.9 Å². The molecule has 2 heteroatoms. The largest absolute Gasteiger partial charge is 0.497 e. The van der Waals surface area contributed by atoms with Gasteiger partial charge in [-0.25, -0.2) is 0 Å². The van der Waals surface area contributed by atoms with Crippen molar-refractivity contribution in [1.29, 1.82) is 0 Å². The molecule has 2 nitrogen and oxygen atoms in total. The number of methoxy groups -OCH3 is 1. The van der Waals surface area contributed by atoms with E-state index in [1.807, 2.05) is 0 Å². The van der Waals surface area contributed by atoms with Crippen molar-refractivity contribution in [3.8, 4) is 18.1 Å². The van der Waals surface area contributed by atoms with Gasteiger partial charge in [-0.3, -0.25) is 0 Å². The first kappa shape index (κ1) is 17.9. The van der Waals surface area contributed by atoms with Crippen LogP contribution in [0.5, 0.6) is 5.75 Å². The van der Waals surface area contributed by atoms with Crippen molar-refractivity contribution >= 4 is 0 Å². The summed E-state index contributed by atoms with van der Waals surface area (Å²) in [5.41, 5.74) is 1.93. The molecule has 0 aromatic heterocycles. The number of benzene rings is 1. The normalized spacial score (nSPS) is 46.7. The van der Waals surface area contributed by atoms with Crippen LogP contribution in [0.4, 0.5) is 0 Å². The van der Waals surface area contributed by atoms with E-state index in [9.17, 15) is 5.11 Å². The number of fused-ring (bicyclic) bond motifs is 5. The highest BCUT2D eigenvalue weighted by Crippen LogP contribution is 2.77. The monoisotopic (exact) mass is 352 g/mol. The summed E-state index contributed by atoms with van der Waals surface area (Å²) in [6, 6.07) is 6.63. The minimum atomic E-state index is -0.980. The predicted octanol–water partition coefficient (Wildman–Crippen LogP) is 4.87. The molecule has 1 N–H and O–H groups in total. The van der Waals surface area contributed by atoms with Gasteiger partial charge in [-0.1, -0.05) is 39.7 Å². The highest BCUT2D eigenvalue weighted by Gasteiger charge is 2.74. The summed E-state index contributed by atoms with van der Waals surface area (Å²) < 4.78 is 5.47. The highest BCUT2D eigenvalue weighted by molar-refractivity contribution is 5.46. The van der Waals surface area contributed by atoms with Crippen molar-refractivity contribution in [1.82, 2.24) is 0 Å². The Bertz CT molecular complexity index is 807. The van der Waals surface area contributed by atoms with Crippen LogP contribution in [-0.2, 0) is 11.8 Å². The first-order chi connectivity index (χ1) is 12.1. The number of aliphatic hydroxyl groups is 1. The summed E-state index contributed by atoms with van der Waals surface area (Å²) in [6.45, 7) is 9.60. The van der Waals surface area contributed by atoms with E-state index >= 15 is 0 Å². The lowest BCUT2D eigenvalue weighted by molar-refractivity contribution is -0.179. The number of rotatable bonds is 1. The van der Waals surface area contributed by atoms with E-state index < -0.39 is 5.60 Å². The zero-order valence-corrected chi connectivity index (χ0v) is 16.9. The molecule has 0 bridgehead atoms. The average molecular weight is 353 g/mol. The molecule has 140 valence electrons. The van der Waals surface area contributed by atoms with Gasteiger partial charge in [0.05, 0.1) is 7.11 Å². The Kier molecular flexibility index (Phi) is 3.50.